The van der Waals surface area contributed by atoms with Crippen LogP contribution >= 0.6 is 34.4 Å². The molecule has 0 amide bonds. The largest absolute Gasteiger partial charge is 0.439 e. The Balaban J connectivity index is 1.000. The fraction of sp³-hybridized carbons (Fsp3) is 1.00. The van der Waals surface area contributed by atoms with E-state index in [0.29, 0.717) is 0 Å². The lowest BCUT2D eigenvalue weighted by molar-refractivity contribution is -0.536. The number of hydrogen-bond donors (Lipinski definition) is 0. The first kappa shape index (κ1) is 11.8. The summed E-state index contributed by atoms with van der Waals surface area (Å²) in [5.41, 5.74) is 0. The monoisotopic (exact) mass is 352 g/mol. The van der Waals surface area contributed by atoms with Crippen molar-refractivity contribution in [2.24, 2.45) is 0 Å². The van der Waals surface area contributed by atoms with Crippen LogP contribution in [0.5, 0.6) is 0 Å². The van der Waals surface area contributed by atoms with Gasteiger partial charge in [0.25, 0.3) is 0 Å². The standard InChI is InChI=1S/C3O12P4/c4-1(5-16(4)6-1)10-18-12-3(13-18)14-19(15-3)11-2-7-17(8-2)9-2. The van der Waals surface area contributed by atoms with Gasteiger partial charge in [-0.15, -0.1) is 0 Å². The van der Waals surface area contributed by atoms with Crippen molar-refractivity contribution in [1.29, 1.82) is 0 Å². The van der Waals surface area contributed by atoms with Crippen LogP contribution in [0.15, 0.2) is 0 Å². The molecule has 4 bridgehead atoms. The molecule has 0 aromatic carbocycles. The van der Waals surface area contributed by atoms with Crippen LogP contribution in [-0.4, -0.2) is 18.5 Å². The molecule has 16 heteroatoms. The molecule has 0 N–H and O–H groups in total. The van der Waals surface area contributed by atoms with E-state index in [-0.39, 0.29) is 0 Å². The highest BCUT2D eigenvalue weighted by Crippen LogP contribution is 2.82. The molecular weight excluding hydrogens is 352 g/mol. The van der Waals surface area contributed by atoms with E-state index in [0.717, 1.165) is 0 Å². The first-order valence-corrected chi connectivity index (χ1v) is 9.02. The Kier molecular flexibility index (Phi) is 2.12. The zero-order chi connectivity index (χ0) is 12.3. The van der Waals surface area contributed by atoms with Crippen molar-refractivity contribution in [3.63, 3.8) is 0 Å². The van der Waals surface area contributed by atoms with Gasteiger partial charge in [0.1, 0.15) is 0 Å². The maximum Gasteiger partial charge on any atom is 0.439 e. The molecule has 0 aromatic heterocycles. The van der Waals surface area contributed by atoms with E-state index in [1.807, 2.05) is 0 Å². The van der Waals surface area contributed by atoms with Crippen LogP contribution in [0.2, 0.25) is 0 Å². The molecular formula is C3O12P4. The van der Waals surface area contributed by atoms with Gasteiger partial charge in [-0.25, -0.2) is 54.3 Å². The van der Waals surface area contributed by atoms with Crippen LogP contribution in [0.3, 0.4) is 0 Å². The third-order valence-electron chi connectivity index (χ3n) is 2.24. The molecule has 0 radical (unpaired) electrons. The average molecular weight is 352 g/mol. The Hall–Kier alpha value is 1.24. The van der Waals surface area contributed by atoms with Crippen molar-refractivity contribution in [3.05, 3.63) is 0 Å². The van der Waals surface area contributed by atoms with Crippen molar-refractivity contribution < 1.29 is 54.3 Å². The molecule has 8 aliphatic rings. The van der Waals surface area contributed by atoms with Crippen LogP contribution in [0.1, 0.15) is 0 Å². The van der Waals surface area contributed by atoms with Gasteiger partial charge in [-0.05, 0) is 0 Å². The summed E-state index contributed by atoms with van der Waals surface area (Å²) < 4.78 is 60.5. The lowest BCUT2D eigenvalue weighted by atomic mass is 11.2. The molecule has 12 nitrogen and oxygen atoms in total. The molecule has 8 heterocycles. The zero-order valence-electron chi connectivity index (χ0n) is 8.19. The van der Waals surface area contributed by atoms with Gasteiger partial charge in [0.15, 0.2) is 0 Å². The summed E-state index contributed by atoms with van der Waals surface area (Å²) in [5, 5.41) is 0. The SMILES string of the molecule is O(P1OC2(O1)OP(OC13OP(O1)O3)O2)C12OP(O1)O2. The lowest BCUT2D eigenvalue weighted by Crippen LogP contribution is -2.60. The predicted molar refractivity (Wildman–Crippen MR) is 48.9 cm³/mol. The van der Waals surface area contributed by atoms with E-state index in [1.165, 1.54) is 0 Å². The Morgan fingerprint density at radius 2 is 0.895 bits per heavy atom. The van der Waals surface area contributed by atoms with Gasteiger partial charge in [0, 0.05) is 0 Å². The topological polar surface area (TPSA) is 111 Å². The van der Waals surface area contributed by atoms with E-state index in [4.69, 9.17) is 54.3 Å². The second kappa shape index (κ2) is 3.42. The van der Waals surface area contributed by atoms with Crippen molar-refractivity contribution >= 4 is 34.4 Å². The van der Waals surface area contributed by atoms with Crippen molar-refractivity contribution in [1.82, 2.24) is 0 Å². The minimum absolute atomic E-state index is 1.21. The summed E-state index contributed by atoms with van der Waals surface area (Å²) in [6, 6.07) is 0. The van der Waals surface area contributed by atoms with E-state index in [2.05, 4.69) is 0 Å². The van der Waals surface area contributed by atoms with Crippen molar-refractivity contribution in [2.75, 3.05) is 0 Å². The summed E-state index contributed by atoms with van der Waals surface area (Å²) in [6.45, 7) is 0. The summed E-state index contributed by atoms with van der Waals surface area (Å²) in [4.78, 5) is 0. The average Bonchev–Trinajstić information content (AvgIpc) is 2.00. The number of rotatable bonds is 4. The fourth-order valence-corrected chi connectivity index (χ4v) is 5.17. The van der Waals surface area contributed by atoms with Gasteiger partial charge in [0.2, 0.25) is 0 Å². The normalized spacial score (nSPS) is 66.9. The predicted octanol–water partition coefficient (Wildman–Crippen LogP) is 2.01. The number of hydrogen-bond acceptors (Lipinski definition) is 12. The van der Waals surface area contributed by atoms with Crippen LogP contribution < -0.4 is 0 Å². The van der Waals surface area contributed by atoms with Crippen LogP contribution in [0, 0.1) is 0 Å². The van der Waals surface area contributed by atoms with Gasteiger partial charge >= 0.3 is 52.9 Å². The first-order chi connectivity index (χ1) is 9.14. The molecule has 8 rings (SSSR count). The summed E-state index contributed by atoms with van der Waals surface area (Å²) in [5.74, 6) is 0. The van der Waals surface area contributed by atoms with Gasteiger partial charge < -0.3 is 0 Å². The molecule has 8 fully saturated rings. The molecule has 0 aliphatic carbocycles. The van der Waals surface area contributed by atoms with Gasteiger partial charge in [-0.2, -0.15) is 0 Å². The highest BCUT2D eigenvalue weighted by Gasteiger charge is 2.77. The van der Waals surface area contributed by atoms with Crippen molar-refractivity contribution in [3.8, 4) is 0 Å². The minimum Gasteiger partial charge on any atom is -0.227 e. The van der Waals surface area contributed by atoms with E-state index < -0.39 is 52.9 Å². The maximum absolute atomic E-state index is 5.13. The highest BCUT2D eigenvalue weighted by molar-refractivity contribution is 7.47. The van der Waals surface area contributed by atoms with Gasteiger partial charge in [-0.3, -0.25) is 0 Å². The molecule has 8 aliphatic heterocycles. The Bertz CT molecular complexity index is 380. The molecule has 104 valence electrons. The fourth-order valence-electron chi connectivity index (χ4n) is 1.39. The molecule has 1 spiro atoms. The zero-order valence-corrected chi connectivity index (χ0v) is 11.8. The molecule has 8 saturated heterocycles. The second-order valence-electron chi connectivity index (χ2n) is 3.49. The highest BCUT2D eigenvalue weighted by atomic mass is 31.2. The summed E-state index contributed by atoms with van der Waals surface area (Å²) >= 11 is 0. The van der Waals surface area contributed by atoms with Crippen LogP contribution in [-0.2, 0) is 54.3 Å². The van der Waals surface area contributed by atoms with E-state index in [1.54, 1.807) is 0 Å². The van der Waals surface area contributed by atoms with Crippen molar-refractivity contribution in [2.45, 2.75) is 18.5 Å². The smallest absolute Gasteiger partial charge is 0.227 e. The molecule has 0 atom stereocenters. The Morgan fingerprint density at radius 1 is 0.526 bits per heavy atom. The van der Waals surface area contributed by atoms with Gasteiger partial charge in [-0.1, -0.05) is 0 Å². The quantitative estimate of drug-likeness (QED) is 0.690. The third-order valence-corrected chi connectivity index (χ3v) is 6.71. The maximum atomic E-state index is 5.13. The second-order valence-corrected chi connectivity index (χ2v) is 7.47. The Morgan fingerprint density at radius 3 is 1.16 bits per heavy atom. The molecule has 0 saturated carbocycles. The lowest BCUT2D eigenvalue weighted by Gasteiger charge is -2.57. The molecule has 0 aromatic rings. The summed E-state index contributed by atoms with van der Waals surface area (Å²) in [6.07, 6.45) is -4.54. The van der Waals surface area contributed by atoms with E-state index >= 15 is 0 Å². The minimum atomic E-state index is -1.73. The van der Waals surface area contributed by atoms with Gasteiger partial charge in [0.05, 0.1) is 0 Å². The molecule has 19 heavy (non-hydrogen) atoms. The summed E-state index contributed by atoms with van der Waals surface area (Å²) in [7, 11) is -5.87. The Labute approximate surface area is 108 Å². The third kappa shape index (κ3) is 1.52. The van der Waals surface area contributed by atoms with Crippen LogP contribution in [0.4, 0.5) is 0 Å². The molecule has 0 unspecified atom stereocenters. The van der Waals surface area contributed by atoms with Crippen LogP contribution in [0.25, 0.3) is 0 Å². The first-order valence-electron chi connectivity index (χ1n) is 4.64. The van der Waals surface area contributed by atoms with E-state index in [9.17, 15) is 0 Å².